The molecule has 1 fully saturated rings. The molecule has 1 saturated heterocycles. The van der Waals surface area contributed by atoms with E-state index in [9.17, 15) is 0 Å². The fourth-order valence-electron chi connectivity index (χ4n) is 2.51. The van der Waals surface area contributed by atoms with Gasteiger partial charge in [0.25, 0.3) is 0 Å². The molecule has 0 aliphatic carbocycles. The van der Waals surface area contributed by atoms with Crippen LogP contribution in [0.4, 0.5) is 0 Å². The molecule has 2 atom stereocenters. The summed E-state index contributed by atoms with van der Waals surface area (Å²) in [6, 6.07) is 5.26. The van der Waals surface area contributed by atoms with Gasteiger partial charge < -0.3 is 5.32 Å². The Kier molecular flexibility index (Phi) is 2.83. The van der Waals surface area contributed by atoms with Crippen molar-refractivity contribution in [3.05, 3.63) is 34.4 Å². The third-order valence-electron chi connectivity index (χ3n) is 3.61. The zero-order valence-corrected chi connectivity index (χ0v) is 10.2. The maximum absolute atomic E-state index is 3.61. The van der Waals surface area contributed by atoms with Gasteiger partial charge in [0.2, 0.25) is 0 Å². The van der Waals surface area contributed by atoms with Gasteiger partial charge in [0.05, 0.1) is 0 Å². The quantitative estimate of drug-likeness (QED) is 0.738. The molecule has 0 saturated carbocycles. The molecule has 0 radical (unpaired) electrons. The van der Waals surface area contributed by atoms with Crippen LogP contribution in [0.25, 0.3) is 0 Å². The molecule has 0 bridgehead atoms. The van der Waals surface area contributed by atoms with E-state index in [4.69, 9.17) is 0 Å². The third-order valence-corrected chi connectivity index (χ3v) is 3.61. The zero-order chi connectivity index (χ0) is 11.0. The number of nitrogens with one attached hydrogen (secondary N) is 1. The van der Waals surface area contributed by atoms with E-state index in [0.29, 0.717) is 6.04 Å². The van der Waals surface area contributed by atoms with Crippen molar-refractivity contribution >= 4 is 0 Å². The van der Waals surface area contributed by atoms with Gasteiger partial charge in [-0.3, -0.25) is 0 Å². The molecular formula is C14H21N. The molecule has 0 aromatic heterocycles. The molecule has 2 rings (SSSR count). The molecule has 1 aliphatic rings. The van der Waals surface area contributed by atoms with E-state index in [1.165, 1.54) is 28.7 Å². The summed E-state index contributed by atoms with van der Waals surface area (Å²) in [5.74, 6) is 0.816. The van der Waals surface area contributed by atoms with Crippen LogP contribution in [0.1, 0.15) is 41.6 Å². The van der Waals surface area contributed by atoms with Crippen LogP contribution in [0.2, 0.25) is 0 Å². The molecule has 1 nitrogen and oxygen atoms in total. The molecule has 0 unspecified atom stereocenters. The van der Waals surface area contributed by atoms with Gasteiger partial charge in [0.1, 0.15) is 0 Å². The second-order valence-electron chi connectivity index (χ2n) is 5.09. The second-order valence-corrected chi connectivity index (χ2v) is 5.09. The number of hydrogen-bond acceptors (Lipinski definition) is 1. The molecule has 15 heavy (non-hydrogen) atoms. The van der Waals surface area contributed by atoms with Gasteiger partial charge in [-0.25, -0.2) is 0 Å². The lowest BCUT2D eigenvalue weighted by atomic mass is 9.93. The van der Waals surface area contributed by atoms with Crippen LogP contribution < -0.4 is 5.32 Å². The van der Waals surface area contributed by atoms with Crippen molar-refractivity contribution < 1.29 is 0 Å². The highest BCUT2D eigenvalue weighted by Gasteiger charge is 2.23. The summed E-state index contributed by atoms with van der Waals surface area (Å²) in [5.41, 5.74) is 5.76. The van der Waals surface area contributed by atoms with E-state index >= 15 is 0 Å². The number of aryl methyl sites for hydroxylation is 3. The van der Waals surface area contributed by atoms with E-state index in [2.05, 4.69) is 45.1 Å². The van der Waals surface area contributed by atoms with Crippen molar-refractivity contribution in [2.45, 2.75) is 40.2 Å². The molecule has 1 aliphatic heterocycles. The fraction of sp³-hybridized carbons (Fsp3) is 0.571. The van der Waals surface area contributed by atoms with Gasteiger partial charge in [-0.1, -0.05) is 19.1 Å². The van der Waals surface area contributed by atoms with E-state index in [0.717, 1.165) is 12.5 Å². The smallest absolute Gasteiger partial charge is 0.0326 e. The Balaban J connectivity index is 2.32. The highest BCUT2D eigenvalue weighted by atomic mass is 14.9. The van der Waals surface area contributed by atoms with Crippen molar-refractivity contribution in [2.75, 3.05) is 6.54 Å². The summed E-state index contributed by atoms with van der Waals surface area (Å²) in [5, 5.41) is 3.61. The summed E-state index contributed by atoms with van der Waals surface area (Å²) < 4.78 is 0. The number of hydrogen-bond donors (Lipinski definition) is 1. The Morgan fingerprint density at radius 3 is 2.33 bits per heavy atom. The first kappa shape index (κ1) is 10.7. The Labute approximate surface area is 92.9 Å². The molecular weight excluding hydrogens is 182 g/mol. The van der Waals surface area contributed by atoms with Gasteiger partial charge >= 0.3 is 0 Å². The zero-order valence-electron chi connectivity index (χ0n) is 10.2. The van der Waals surface area contributed by atoms with E-state index in [1.54, 1.807) is 0 Å². The van der Waals surface area contributed by atoms with Crippen LogP contribution >= 0.6 is 0 Å². The predicted octanol–water partition coefficient (Wildman–Crippen LogP) is 3.28. The summed E-state index contributed by atoms with van der Waals surface area (Å²) in [6.45, 7) is 10.1. The summed E-state index contributed by atoms with van der Waals surface area (Å²) in [7, 11) is 0. The lowest BCUT2D eigenvalue weighted by molar-refractivity contribution is 0.609. The third kappa shape index (κ3) is 2.07. The van der Waals surface area contributed by atoms with Crippen LogP contribution in [0.15, 0.2) is 12.1 Å². The first-order chi connectivity index (χ1) is 7.08. The Hall–Kier alpha value is -0.820. The van der Waals surface area contributed by atoms with Crippen molar-refractivity contribution in [3.63, 3.8) is 0 Å². The predicted molar refractivity (Wildman–Crippen MR) is 65.2 cm³/mol. The highest BCUT2D eigenvalue weighted by molar-refractivity contribution is 5.38. The summed E-state index contributed by atoms with van der Waals surface area (Å²) in [4.78, 5) is 0. The van der Waals surface area contributed by atoms with Crippen molar-refractivity contribution in [1.29, 1.82) is 0 Å². The Morgan fingerprint density at radius 1 is 1.07 bits per heavy atom. The van der Waals surface area contributed by atoms with E-state index < -0.39 is 0 Å². The van der Waals surface area contributed by atoms with Crippen LogP contribution in [0, 0.1) is 26.7 Å². The molecule has 1 heterocycles. The number of benzene rings is 1. The van der Waals surface area contributed by atoms with Crippen molar-refractivity contribution in [2.24, 2.45) is 5.92 Å². The maximum Gasteiger partial charge on any atom is 0.0326 e. The molecule has 0 amide bonds. The number of rotatable bonds is 1. The Morgan fingerprint density at radius 2 is 1.73 bits per heavy atom. The lowest BCUT2D eigenvalue weighted by Crippen LogP contribution is -2.14. The largest absolute Gasteiger partial charge is 0.310 e. The Bertz CT molecular complexity index is 368. The van der Waals surface area contributed by atoms with Crippen molar-refractivity contribution in [1.82, 2.24) is 5.32 Å². The monoisotopic (exact) mass is 203 g/mol. The van der Waals surface area contributed by atoms with E-state index in [1.807, 2.05) is 0 Å². The molecule has 1 heteroatoms. The van der Waals surface area contributed by atoms with Crippen LogP contribution in [-0.2, 0) is 0 Å². The highest BCUT2D eigenvalue weighted by Crippen LogP contribution is 2.30. The van der Waals surface area contributed by atoms with Crippen molar-refractivity contribution in [3.8, 4) is 0 Å². The molecule has 82 valence electrons. The lowest BCUT2D eigenvalue weighted by Gasteiger charge is -2.16. The summed E-state index contributed by atoms with van der Waals surface area (Å²) in [6.07, 6.45) is 1.28. The summed E-state index contributed by atoms with van der Waals surface area (Å²) >= 11 is 0. The normalized spacial score (nSPS) is 25.9. The molecule has 1 N–H and O–H groups in total. The van der Waals surface area contributed by atoms with Crippen LogP contribution in [0.3, 0.4) is 0 Å². The van der Waals surface area contributed by atoms with Gasteiger partial charge in [0.15, 0.2) is 0 Å². The minimum Gasteiger partial charge on any atom is -0.310 e. The second kappa shape index (κ2) is 3.97. The van der Waals surface area contributed by atoms with E-state index in [-0.39, 0.29) is 0 Å². The SMILES string of the molecule is Cc1cc(C)c([C@@H]2C[C@H](C)CN2)cc1C. The minimum atomic E-state index is 0.583. The topological polar surface area (TPSA) is 12.0 Å². The minimum absolute atomic E-state index is 0.583. The van der Waals surface area contributed by atoms with Gasteiger partial charge in [-0.15, -0.1) is 0 Å². The van der Waals surface area contributed by atoms with Gasteiger partial charge in [-0.2, -0.15) is 0 Å². The first-order valence-electron chi connectivity index (χ1n) is 5.89. The van der Waals surface area contributed by atoms with Gasteiger partial charge in [-0.05, 0) is 61.9 Å². The fourth-order valence-corrected chi connectivity index (χ4v) is 2.51. The average Bonchev–Trinajstić information content (AvgIpc) is 2.58. The molecule has 1 aromatic carbocycles. The maximum atomic E-state index is 3.61. The first-order valence-corrected chi connectivity index (χ1v) is 5.89. The average molecular weight is 203 g/mol. The molecule has 0 spiro atoms. The standard InChI is InChI=1S/C14H21N/c1-9-5-14(15-8-9)13-7-11(3)10(2)6-12(13)4/h6-7,9,14-15H,5,8H2,1-4H3/t9-,14-/m0/s1. The van der Waals surface area contributed by atoms with Gasteiger partial charge in [0, 0.05) is 6.04 Å². The van der Waals surface area contributed by atoms with Crippen LogP contribution in [-0.4, -0.2) is 6.54 Å². The molecule has 1 aromatic rings. The van der Waals surface area contributed by atoms with Crippen LogP contribution in [0.5, 0.6) is 0 Å².